The maximum Gasteiger partial charge on any atom is 0.309 e. The first-order chi connectivity index (χ1) is 32.6. The fraction of sp³-hybridized carbons (Fsp3) is 0.518. The summed E-state index contributed by atoms with van der Waals surface area (Å²) in [6.45, 7) is 10.6. The van der Waals surface area contributed by atoms with Crippen molar-refractivity contribution in [3.8, 4) is 33.8 Å². The highest BCUT2D eigenvalue weighted by atomic mass is 19.1. The summed E-state index contributed by atoms with van der Waals surface area (Å²) >= 11 is 0. The molecule has 9 nitrogen and oxygen atoms in total. The summed E-state index contributed by atoms with van der Waals surface area (Å²) in [5.74, 6) is 1.83. The molecule has 362 valence electrons. The number of aliphatic carboxylic acids is 1. The zero-order chi connectivity index (χ0) is 47.5. The third-order valence-corrected chi connectivity index (χ3v) is 14.2. The zero-order valence-corrected chi connectivity index (χ0v) is 39.9. The Morgan fingerprint density at radius 1 is 0.642 bits per heavy atom. The second-order valence-corrected chi connectivity index (χ2v) is 18.7. The maximum absolute atomic E-state index is 15.3. The summed E-state index contributed by atoms with van der Waals surface area (Å²) < 4.78 is 46.7. The van der Waals surface area contributed by atoms with Crippen molar-refractivity contribution in [3.63, 3.8) is 0 Å². The molecule has 0 spiro atoms. The molecule has 4 aromatic carbocycles. The minimum Gasteiger partial charge on any atom is -0.490 e. The molecule has 2 aliphatic carbocycles. The van der Waals surface area contributed by atoms with Gasteiger partial charge in [-0.05, 0) is 163 Å². The number of likely N-dealkylation sites (tertiary alicyclic amines) is 1. The average Bonchev–Trinajstić information content (AvgIpc) is 3.37. The summed E-state index contributed by atoms with van der Waals surface area (Å²) in [6, 6.07) is 25.6. The third kappa shape index (κ3) is 15.2. The lowest BCUT2D eigenvalue weighted by atomic mass is 9.86. The molecule has 8 rings (SSSR count). The van der Waals surface area contributed by atoms with Gasteiger partial charge in [-0.1, -0.05) is 81.3 Å². The first-order valence-electron chi connectivity index (χ1n) is 25.0. The van der Waals surface area contributed by atoms with E-state index >= 15 is 4.39 Å². The van der Waals surface area contributed by atoms with Gasteiger partial charge in [0.25, 0.3) is 0 Å². The number of carboxylic acids is 1. The van der Waals surface area contributed by atoms with Gasteiger partial charge in [-0.25, -0.2) is 8.78 Å². The fourth-order valence-corrected chi connectivity index (χ4v) is 9.81. The van der Waals surface area contributed by atoms with E-state index in [-0.39, 0.29) is 41.4 Å². The number of benzene rings is 4. The number of nitrogens with zero attached hydrogens (tertiary/aromatic N) is 1. The number of hydrogen-bond acceptors (Lipinski definition) is 8. The minimum absolute atomic E-state index is 0.0194. The van der Waals surface area contributed by atoms with E-state index in [1.807, 2.05) is 73.7 Å². The highest BCUT2D eigenvalue weighted by Gasteiger charge is 2.26. The molecule has 67 heavy (non-hydrogen) atoms. The quantitative estimate of drug-likeness (QED) is 0.0942. The molecule has 2 heterocycles. The Bertz CT molecular complexity index is 2140. The van der Waals surface area contributed by atoms with Gasteiger partial charge in [-0.3, -0.25) is 19.3 Å². The van der Waals surface area contributed by atoms with E-state index in [9.17, 15) is 18.8 Å². The van der Waals surface area contributed by atoms with Gasteiger partial charge in [0.2, 0.25) is 0 Å². The topological polar surface area (TPSA) is 114 Å². The molecule has 0 atom stereocenters. The van der Waals surface area contributed by atoms with Crippen LogP contribution in [0, 0.1) is 35.3 Å². The van der Waals surface area contributed by atoms with Crippen LogP contribution in [-0.4, -0.2) is 73.2 Å². The van der Waals surface area contributed by atoms with Gasteiger partial charge in [-0.2, -0.15) is 0 Å². The zero-order valence-electron chi connectivity index (χ0n) is 39.9. The second kappa shape index (κ2) is 26.4. The summed E-state index contributed by atoms with van der Waals surface area (Å²) in [7, 11) is 0. The Hall–Kier alpha value is -5.13. The predicted molar refractivity (Wildman–Crippen MR) is 260 cm³/mol. The molecule has 0 unspecified atom stereocenters. The normalized spacial score (nSPS) is 21.4. The number of rotatable bonds is 14. The number of carbonyl (C=O) groups is 3. The second-order valence-electron chi connectivity index (χ2n) is 18.7. The van der Waals surface area contributed by atoms with E-state index in [4.69, 9.17) is 19.3 Å². The Morgan fingerprint density at radius 2 is 1.13 bits per heavy atom. The monoisotopic (exact) mass is 923 g/mol. The van der Waals surface area contributed by atoms with Crippen LogP contribution in [-0.2, 0) is 20.9 Å². The molecule has 0 radical (unpaired) electrons. The first kappa shape index (κ1) is 51.3. The fourth-order valence-electron chi connectivity index (χ4n) is 9.81. The molecular weight excluding hydrogens is 851 g/mol. The Labute approximate surface area is 397 Å². The number of piperidine rings is 2. The Morgan fingerprint density at radius 3 is 1.60 bits per heavy atom. The number of aldehydes is 1. The van der Waals surface area contributed by atoms with E-state index < -0.39 is 11.8 Å². The number of ether oxygens (including phenoxy) is 3. The van der Waals surface area contributed by atoms with Crippen molar-refractivity contribution in [1.82, 2.24) is 10.2 Å². The third-order valence-electron chi connectivity index (χ3n) is 14.2. The minimum atomic E-state index is -0.723. The van der Waals surface area contributed by atoms with Crippen LogP contribution in [0.3, 0.4) is 0 Å². The lowest BCUT2D eigenvalue weighted by molar-refractivity contribution is -0.149. The molecule has 11 heteroatoms. The van der Waals surface area contributed by atoms with Gasteiger partial charge in [0, 0.05) is 23.2 Å². The molecule has 4 aromatic rings. The molecule has 0 aromatic heterocycles. The van der Waals surface area contributed by atoms with Gasteiger partial charge < -0.3 is 24.6 Å². The SMILES string of the molecule is CCC1CCC(Oc2ccc(-c3cccc(C=O)c3F)cc2)CC1.CCC1CCC(Oc2ccc(-c3cccc(CN4CCC(C(=O)O)CC4)c3F)cc2)CC1.CCOC(=O)C1CCNCC1. The van der Waals surface area contributed by atoms with Crippen molar-refractivity contribution in [2.24, 2.45) is 23.7 Å². The molecule has 2 aliphatic heterocycles. The summed E-state index contributed by atoms with van der Waals surface area (Å²) in [5.41, 5.74) is 3.37. The standard InChI is InChI=1S/C27H34FNO3.C21H23FO2.C8H15NO2/c1-2-19-6-10-23(11-7-19)32-24-12-8-20(9-13-24)25-5-3-4-22(26(25)28)18-29-16-14-21(15-17-29)27(30)31;1-2-15-6-10-18(11-7-15)24-19-12-8-16(9-13-19)20-5-3-4-17(14-23)21(20)22;1-2-11-8(10)7-3-5-9-6-4-7/h3-5,8-9,12-13,19,21,23H,2,6-7,10-11,14-18H2,1H3,(H,30,31);3-5,8-9,12-15,18H,2,6-7,10-11H2,1H3;7,9H,2-6H2,1H3. The van der Waals surface area contributed by atoms with Crippen molar-refractivity contribution >= 4 is 18.2 Å². The Balaban J connectivity index is 0.000000185. The molecule has 4 aliphatic rings. The van der Waals surface area contributed by atoms with E-state index in [0.717, 1.165) is 86.1 Å². The van der Waals surface area contributed by atoms with E-state index in [1.165, 1.54) is 44.6 Å². The molecule has 2 saturated heterocycles. The van der Waals surface area contributed by atoms with Gasteiger partial charge >= 0.3 is 11.9 Å². The predicted octanol–water partition coefficient (Wildman–Crippen LogP) is 12.3. The van der Waals surface area contributed by atoms with Gasteiger partial charge in [-0.15, -0.1) is 0 Å². The van der Waals surface area contributed by atoms with Crippen molar-refractivity contribution in [2.75, 3.05) is 32.8 Å². The number of nitrogens with one attached hydrogen (secondary N) is 1. The number of carboxylic acid groups (broad SMARTS) is 1. The van der Waals surface area contributed by atoms with E-state index in [1.54, 1.807) is 12.1 Å². The van der Waals surface area contributed by atoms with Crippen LogP contribution in [0.15, 0.2) is 84.9 Å². The molecule has 2 N–H and O–H groups in total. The van der Waals surface area contributed by atoms with Gasteiger partial charge in [0.1, 0.15) is 23.1 Å². The first-order valence-corrected chi connectivity index (χ1v) is 25.0. The lowest BCUT2D eigenvalue weighted by Crippen LogP contribution is -2.36. The van der Waals surface area contributed by atoms with Gasteiger partial charge in [0.05, 0.1) is 36.2 Å². The number of esters is 1. The molecule has 2 saturated carbocycles. The number of halogens is 2. The van der Waals surface area contributed by atoms with E-state index in [0.29, 0.717) is 62.1 Å². The highest BCUT2D eigenvalue weighted by molar-refractivity contribution is 5.80. The summed E-state index contributed by atoms with van der Waals surface area (Å²) in [5, 5.41) is 12.4. The number of carbonyl (C=O) groups excluding carboxylic acids is 2. The van der Waals surface area contributed by atoms with Crippen LogP contribution in [0.4, 0.5) is 8.78 Å². The molecule has 0 amide bonds. The average molecular weight is 923 g/mol. The van der Waals surface area contributed by atoms with Gasteiger partial charge in [0.15, 0.2) is 6.29 Å². The van der Waals surface area contributed by atoms with E-state index in [2.05, 4.69) is 24.1 Å². The highest BCUT2D eigenvalue weighted by Crippen LogP contribution is 2.34. The van der Waals surface area contributed by atoms with Crippen molar-refractivity contribution in [1.29, 1.82) is 0 Å². The largest absolute Gasteiger partial charge is 0.490 e. The summed E-state index contributed by atoms with van der Waals surface area (Å²) in [4.78, 5) is 35.3. The van der Waals surface area contributed by atoms with Crippen molar-refractivity contribution in [2.45, 2.75) is 129 Å². The van der Waals surface area contributed by atoms with Crippen LogP contribution in [0.25, 0.3) is 22.3 Å². The molecule has 0 bridgehead atoms. The van der Waals surface area contributed by atoms with Crippen LogP contribution in [0.2, 0.25) is 0 Å². The number of hydrogen-bond donors (Lipinski definition) is 2. The van der Waals surface area contributed by atoms with Crippen LogP contribution >= 0.6 is 0 Å². The van der Waals surface area contributed by atoms with Crippen LogP contribution in [0.5, 0.6) is 11.5 Å². The summed E-state index contributed by atoms with van der Waals surface area (Å²) in [6.07, 6.45) is 16.1. The van der Waals surface area contributed by atoms with Crippen molar-refractivity contribution < 1.29 is 42.5 Å². The smallest absolute Gasteiger partial charge is 0.309 e. The molecule has 4 fully saturated rings. The van der Waals surface area contributed by atoms with Crippen molar-refractivity contribution in [3.05, 3.63) is 108 Å². The van der Waals surface area contributed by atoms with Crippen LogP contribution in [0.1, 0.15) is 127 Å². The lowest BCUT2D eigenvalue weighted by Gasteiger charge is -2.30. The maximum atomic E-state index is 15.3. The Kier molecular flexibility index (Phi) is 20.2. The van der Waals surface area contributed by atoms with Crippen LogP contribution < -0.4 is 14.8 Å². The molecular formula is C56H72F2N2O7.